The monoisotopic (exact) mass is 316 g/mol. The third-order valence-corrected chi connectivity index (χ3v) is 4.20. The first-order chi connectivity index (χ1) is 11.0. The van der Waals surface area contributed by atoms with E-state index in [2.05, 4.69) is 10.3 Å². The highest BCUT2D eigenvalue weighted by atomic mass is 19.1. The van der Waals surface area contributed by atoms with Crippen molar-refractivity contribution in [2.75, 3.05) is 0 Å². The quantitative estimate of drug-likeness (QED) is 0.804. The first kappa shape index (κ1) is 15.4. The van der Waals surface area contributed by atoms with Crippen molar-refractivity contribution in [3.63, 3.8) is 0 Å². The largest absolute Gasteiger partial charge is 0.393 e. The molecule has 0 radical (unpaired) electrons. The number of hydrogen-bond donors (Lipinski definition) is 3. The molecule has 1 atom stereocenters. The molecule has 1 aromatic carbocycles. The van der Waals surface area contributed by atoms with Gasteiger partial charge in [-0.1, -0.05) is 12.1 Å². The fraction of sp³-hybridized carbons (Fsp3) is 0.294. The second-order valence-corrected chi connectivity index (χ2v) is 5.80. The zero-order valence-corrected chi connectivity index (χ0v) is 12.3. The molecule has 1 aliphatic rings. The summed E-state index contributed by atoms with van der Waals surface area (Å²) in [6, 6.07) is 8.55. The van der Waals surface area contributed by atoms with Crippen LogP contribution in [0.1, 0.15) is 34.8 Å². The molecular formula is C17H17FN2O3. The molecule has 1 aliphatic carbocycles. The molecule has 1 unspecified atom stereocenters. The SMILES string of the molecule is O=C(NC(c1ccc(F)cc1)C1CC(O)C1)c1ccc[nH]c1=O. The maximum absolute atomic E-state index is 13.1. The van der Waals surface area contributed by atoms with E-state index in [0.717, 1.165) is 5.56 Å². The predicted octanol–water partition coefficient (Wildman–Crippen LogP) is 1.76. The number of halogens is 1. The molecule has 5 nitrogen and oxygen atoms in total. The molecule has 23 heavy (non-hydrogen) atoms. The van der Waals surface area contributed by atoms with Crippen molar-refractivity contribution in [3.8, 4) is 0 Å². The van der Waals surface area contributed by atoms with Crippen LogP contribution in [0.25, 0.3) is 0 Å². The summed E-state index contributed by atoms with van der Waals surface area (Å²) in [4.78, 5) is 26.6. The Morgan fingerprint density at radius 2 is 1.96 bits per heavy atom. The van der Waals surface area contributed by atoms with Crippen molar-refractivity contribution in [3.05, 3.63) is 69.9 Å². The lowest BCUT2D eigenvalue weighted by atomic mass is 9.75. The van der Waals surface area contributed by atoms with E-state index in [9.17, 15) is 19.1 Å². The number of amides is 1. The van der Waals surface area contributed by atoms with Crippen molar-refractivity contribution in [2.45, 2.75) is 25.0 Å². The Morgan fingerprint density at radius 3 is 2.57 bits per heavy atom. The summed E-state index contributed by atoms with van der Waals surface area (Å²) in [5.74, 6) is -0.781. The number of carbonyl (C=O) groups excluding carboxylic acids is 1. The van der Waals surface area contributed by atoms with Crippen LogP contribution in [0.2, 0.25) is 0 Å². The smallest absolute Gasteiger partial charge is 0.260 e. The van der Waals surface area contributed by atoms with Gasteiger partial charge in [-0.25, -0.2) is 4.39 Å². The average molecular weight is 316 g/mol. The van der Waals surface area contributed by atoms with Crippen LogP contribution in [0.5, 0.6) is 0 Å². The van der Waals surface area contributed by atoms with Gasteiger partial charge in [-0.3, -0.25) is 9.59 Å². The molecular weight excluding hydrogens is 299 g/mol. The second kappa shape index (κ2) is 6.34. The van der Waals surface area contributed by atoms with Crippen LogP contribution in [0.4, 0.5) is 4.39 Å². The van der Waals surface area contributed by atoms with Gasteiger partial charge in [0.05, 0.1) is 12.1 Å². The van der Waals surface area contributed by atoms with Gasteiger partial charge in [0.15, 0.2) is 0 Å². The maximum Gasteiger partial charge on any atom is 0.260 e. The number of aromatic amines is 1. The highest BCUT2D eigenvalue weighted by molar-refractivity contribution is 5.94. The fourth-order valence-electron chi connectivity index (χ4n) is 2.86. The van der Waals surface area contributed by atoms with Crippen molar-refractivity contribution in [1.82, 2.24) is 10.3 Å². The van der Waals surface area contributed by atoms with Crippen molar-refractivity contribution < 1.29 is 14.3 Å². The lowest BCUT2D eigenvalue weighted by Gasteiger charge is -2.38. The molecule has 1 amide bonds. The highest BCUT2D eigenvalue weighted by Gasteiger charge is 2.36. The first-order valence-corrected chi connectivity index (χ1v) is 7.46. The van der Waals surface area contributed by atoms with Crippen LogP contribution in [0.3, 0.4) is 0 Å². The molecule has 1 heterocycles. The number of aliphatic hydroxyl groups excluding tert-OH is 1. The lowest BCUT2D eigenvalue weighted by Crippen LogP contribution is -2.42. The van der Waals surface area contributed by atoms with Crippen molar-refractivity contribution in [1.29, 1.82) is 0 Å². The van der Waals surface area contributed by atoms with Crippen LogP contribution >= 0.6 is 0 Å². The van der Waals surface area contributed by atoms with Gasteiger partial charge in [0.2, 0.25) is 0 Å². The Labute approximate surface area is 132 Å². The van der Waals surface area contributed by atoms with E-state index in [1.165, 1.54) is 24.4 Å². The Hall–Kier alpha value is -2.47. The zero-order valence-electron chi connectivity index (χ0n) is 12.3. The summed E-state index contributed by atoms with van der Waals surface area (Å²) in [7, 11) is 0. The van der Waals surface area contributed by atoms with Gasteiger partial charge in [-0.05, 0) is 48.6 Å². The van der Waals surface area contributed by atoms with E-state index < -0.39 is 11.5 Å². The van der Waals surface area contributed by atoms with E-state index in [1.54, 1.807) is 18.2 Å². The standard InChI is InChI=1S/C17H17FN2O3/c18-12-5-3-10(4-6-12)15(11-8-13(21)9-11)20-17(23)14-2-1-7-19-16(14)22/h1-7,11,13,15,21H,8-9H2,(H,19,22)(H,20,23). The second-order valence-electron chi connectivity index (χ2n) is 5.80. The van der Waals surface area contributed by atoms with Gasteiger partial charge in [-0.2, -0.15) is 0 Å². The van der Waals surface area contributed by atoms with Crippen molar-refractivity contribution in [2.24, 2.45) is 5.92 Å². The number of aliphatic hydroxyl groups is 1. The normalized spacial score (nSPS) is 21.3. The minimum absolute atomic E-state index is 0.0273. The van der Waals surface area contributed by atoms with Gasteiger partial charge in [0.1, 0.15) is 11.4 Å². The molecule has 3 N–H and O–H groups in total. The van der Waals surface area contributed by atoms with E-state index in [-0.39, 0.29) is 29.4 Å². The van der Waals surface area contributed by atoms with E-state index >= 15 is 0 Å². The lowest BCUT2D eigenvalue weighted by molar-refractivity contribution is 0.0235. The van der Waals surface area contributed by atoms with E-state index in [4.69, 9.17) is 0 Å². The topological polar surface area (TPSA) is 82.2 Å². The highest BCUT2D eigenvalue weighted by Crippen LogP contribution is 2.38. The molecule has 1 aromatic heterocycles. The zero-order chi connectivity index (χ0) is 16.4. The Morgan fingerprint density at radius 1 is 1.26 bits per heavy atom. The molecule has 2 aromatic rings. The number of hydrogen-bond acceptors (Lipinski definition) is 3. The summed E-state index contributed by atoms with van der Waals surface area (Å²) in [5, 5.41) is 12.4. The van der Waals surface area contributed by atoms with Crippen LogP contribution in [-0.2, 0) is 0 Å². The molecule has 1 fully saturated rings. The maximum atomic E-state index is 13.1. The number of nitrogens with one attached hydrogen (secondary N) is 2. The number of rotatable bonds is 4. The summed E-state index contributed by atoms with van der Waals surface area (Å²) < 4.78 is 13.1. The van der Waals surface area contributed by atoms with Gasteiger partial charge < -0.3 is 15.4 Å². The summed E-state index contributed by atoms with van der Waals surface area (Å²) >= 11 is 0. The van der Waals surface area contributed by atoms with E-state index in [1.807, 2.05) is 0 Å². The molecule has 6 heteroatoms. The number of carbonyl (C=O) groups is 1. The minimum atomic E-state index is -0.484. The molecule has 0 saturated heterocycles. The molecule has 0 bridgehead atoms. The van der Waals surface area contributed by atoms with Crippen LogP contribution < -0.4 is 10.9 Å². The first-order valence-electron chi connectivity index (χ1n) is 7.46. The molecule has 120 valence electrons. The average Bonchev–Trinajstić information content (AvgIpc) is 2.51. The van der Waals surface area contributed by atoms with Gasteiger partial charge in [0.25, 0.3) is 11.5 Å². The van der Waals surface area contributed by atoms with Crippen LogP contribution in [0.15, 0.2) is 47.4 Å². The van der Waals surface area contributed by atoms with Gasteiger partial charge in [-0.15, -0.1) is 0 Å². The molecule has 1 saturated carbocycles. The number of benzene rings is 1. The van der Waals surface area contributed by atoms with Crippen LogP contribution in [-0.4, -0.2) is 22.1 Å². The molecule has 0 aliphatic heterocycles. The molecule has 0 spiro atoms. The van der Waals surface area contributed by atoms with Crippen molar-refractivity contribution >= 4 is 5.91 Å². The Kier molecular flexibility index (Phi) is 4.25. The summed E-state index contributed by atoms with van der Waals surface area (Å²) in [5.41, 5.74) is 0.319. The predicted molar refractivity (Wildman–Crippen MR) is 82.4 cm³/mol. The summed E-state index contributed by atoms with van der Waals surface area (Å²) in [6.07, 6.45) is 2.21. The van der Waals surface area contributed by atoms with Gasteiger partial charge in [0, 0.05) is 6.20 Å². The Balaban J connectivity index is 1.84. The minimum Gasteiger partial charge on any atom is -0.393 e. The number of H-pyrrole nitrogens is 1. The number of aromatic nitrogens is 1. The number of pyridine rings is 1. The Bertz CT molecular complexity index is 751. The third-order valence-electron chi connectivity index (χ3n) is 4.20. The molecule has 3 rings (SSSR count). The van der Waals surface area contributed by atoms with Gasteiger partial charge >= 0.3 is 0 Å². The van der Waals surface area contributed by atoms with E-state index in [0.29, 0.717) is 12.8 Å². The van der Waals surface area contributed by atoms with Crippen LogP contribution in [0, 0.1) is 11.7 Å². The fourth-order valence-corrected chi connectivity index (χ4v) is 2.86. The summed E-state index contributed by atoms with van der Waals surface area (Å²) in [6.45, 7) is 0. The third kappa shape index (κ3) is 3.32.